The van der Waals surface area contributed by atoms with Gasteiger partial charge in [-0.25, -0.2) is 0 Å². The zero-order valence-corrected chi connectivity index (χ0v) is 12.3. The SMILES string of the molecule is CCCCn1c(C#N)cc(N)c1Oc1ccc(OC)cc1. The first-order chi connectivity index (χ1) is 10.2. The van der Waals surface area contributed by atoms with Crippen LogP contribution in [0.4, 0.5) is 5.69 Å². The summed E-state index contributed by atoms with van der Waals surface area (Å²) in [5.74, 6) is 1.93. The Balaban J connectivity index is 2.29. The van der Waals surface area contributed by atoms with Gasteiger partial charge >= 0.3 is 0 Å². The molecule has 0 fully saturated rings. The molecule has 1 aromatic carbocycles. The highest BCUT2D eigenvalue weighted by atomic mass is 16.5. The molecular formula is C16H19N3O2. The Hall–Kier alpha value is -2.61. The average molecular weight is 285 g/mol. The molecule has 0 aliphatic heterocycles. The molecule has 0 saturated carbocycles. The van der Waals surface area contributed by atoms with E-state index in [-0.39, 0.29) is 0 Å². The Kier molecular flexibility index (Phi) is 4.72. The largest absolute Gasteiger partial charge is 0.497 e. The molecule has 0 unspecified atom stereocenters. The normalized spacial score (nSPS) is 10.1. The summed E-state index contributed by atoms with van der Waals surface area (Å²) < 4.78 is 12.8. The Morgan fingerprint density at radius 2 is 1.90 bits per heavy atom. The summed E-state index contributed by atoms with van der Waals surface area (Å²) in [6.07, 6.45) is 1.99. The average Bonchev–Trinajstić information content (AvgIpc) is 2.81. The van der Waals surface area contributed by atoms with Gasteiger partial charge in [0, 0.05) is 12.6 Å². The molecule has 0 amide bonds. The van der Waals surface area contributed by atoms with Gasteiger partial charge in [-0.2, -0.15) is 5.26 Å². The second-order valence-electron chi connectivity index (χ2n) is 4.68. The number of hydrogen-bond acceptors (Lipinski definition) is 4. The molecule has 0 bridgehead atoms. The third-order valence-electron chi connectivity index (χ3n) is 3.20. The zero-order valence-electron chi connectivity index (χ0n) is 12.3. The number of aromatic nitrogens is 1. The summed E-state index contributed by atoms with van der Waals surface area (Å²) in [6.45, 7) is 2.81. The minimum atomic E-state index is 0.471. The second kappa shape index (κ2) is 6.71. The van der Waals surface area contributed by atoms with Crippen LogP contribution in [-0.2, 0) is 6.54 Å². The predicted octanol–water partition coefficient (Wildman–Crippen LogP) is 3.54. The second-order valence-corrected chi connectivity index (χ2v) is 4.68. The summed E-state index contributed by atoms with van der Waals surface area (Å²) in [5.41, 5.74) is 6.96. The van der Waals surface area contributed by atoms with Gasteiger partial charge < -0.3 is 19.8 Å². The minimum Gasteiger partial charge on any atom is -0.497 e. The number of methoxy groups -OCH3 is 1. The first kappa shape index (κ1) is 14.8. The lowest BCUT2D eigenvalue weighted by Gasteiger charge is -2.12. The van der Waals surface area contributed by atoms with Crippen LogP contribution in [0, 0.1) is 11.3 Å². The highest BCUT2D eigenvalue weighted by molar-refractivity contribution is 5.56. The van der Waals surface area contributed by atoms with E-state index < -0.39 is 0 Å². The van der Waals surface area contributed by atoms with E-state index >= 15 is 0 Å². The minimum absolute atomic E-state index is 0.471. The molecule has 0 aliphatic carbocycles. The van der Waals surface area contributed by atoms with Crippen LogP contribution < -0.4 is 15.2 Å². The Morgan fingerprint density at radius 1 is 1.24 bits per heavy atom. The van der Waals surface area contributed by atoms with Crippen LogP contribution in [-0.4, -0.2) is 11.7 Å². The Labute approximate surface area is 124 Å². The van der Waals surface area contributed by atoms with Crippen LogP contribution in [0.25, 0.3) is 0 Å². The van der Waals surface area contributed by atoms with Crippen molar-refractivity contribution in [2.24, 2.45) is 0 Å². The summed E-state index contributed by atoms with van der Waals surface area (Å²) in [6, 6.07) is 11.0. The van der Waals surface area contributed by atoms with Crippen molar-refractivity contribution in [3.63, 3.8) is 0 Å². The van der Waals surface area contributed by atoms with E-state index in [1.807, 2.05) is 28.8 Å². The van der Waals surface area contributed by atoms with Crippen LogP contribution in [0.5, 0.6) is 17.4 Å². The number of nitriles is 1. The summed E-state index contributed by atoms with van der Waals surface area (Å²) in [7, 11) is 1.61. The standard InChI is InChI=1S/C16H19N3O2/c1-3-4-9-19-12(11-17)10-15(18)16(19)21-14-7-5-13(20-2)6-8-14/h5-8,10H,3-4,9,18H2,1-2H3. The fourth-order valence-corrected chi connectivity index (χ4v) is 2.05. The van der Waals surface area contributed by atoms with Gasteiger partial charge in [-0.1, -0.05) is 13.3 Å². The molecule has 21 heavy (non-hydrogen) atoms. The molecule has 5 heteroatoms. The monoisotopic (exact) mass is 285 g/mol. The number of ether oxygens (including phenoxy) is 2. The lowest BCUT2D eigenvalue weighted by Crippen LogP contribution is -2.03. The number of benzene rings is 1. The van der Waals surface area contributed by atoms with Crippen LogP contribution >= 0.6 is 0 Å². The van der Waals surface area contributed by atoms with Crippen LogP contribution in [0.1, 0.15) is 25.5 Å². The molecule has 0 atom stereocenters. The quantitative estimate of drug-likeness (QED) is 0.881. The number of nitrogens with zero attached hydrogens (tertiary/aromatic N) is 2. The Morgan fingerprint density at radius 3 is 2.48 bits per heavy atom. The number of unbranched alkanes of at least 4 members (excludes halogenated alkanes) is 1. The predicted molar refractivity (Wildman–Crippen MR) is 81.5 cm³/mol. The molecule has 0 aliphatic rings. The third kappa shape index (κ3) is 3.29. The summed E-state index contributed by atoms with van der Waals surface area (Å²) in [4.78, 5) is 0. The van der Waals surface area contributed by atoms with Crippen LogP contribution in [0.15, 0.2) is 30.3 Å². The van der Waals surface area contributed by atoms with Crippen molar-refractivity contribution in [1.29, 1.82) is 5.26 Å². The maximum Gasteiger partial charge on any atom is 0.224 e. The topological polar surface area (TPSA) is 73.2 Å². The van der Waals surface area contributed by atoms with Crippen molar-refractivity contribution < 1.29 is 9.47 Å². The molecule has 0 spiro atoms. The van der Waals surface area contributed by atoms with Gasteiger partial charge in [0.15, 0.2) is 0 Å². The van der Waals surface area contributed by atoms with Gasteiger partial charge in [0.25, 0.3) is 0 Å². The van der Waals surface area contributed by atoms with E-state index in [9.17, 15) is 5.26 Å². The molecule has 2 aromatic rings. The lowest BCUT2D eigenvalue weighted by atomic mass is 10.3. The summed E-state index contributed by atoms with van der Waals surface area (Å²) in [5, 5.41) is 9.19. The van der Waals surface area contributed by atoms with Crippen molar-refractivity contribution in [1.82, 2.24) is 4.57 Å². The highest BCUT2D eigenvalue weighted by Crippen LogP contribution is 2.32. The van der Waals surface area contributed by atoms with Crippen molar-refractivity contribution in [3.05, 3.63) is 36.0 Å². The lowest BCUT2D eigenvalue weighted by molar-refractivity contribution is 0.408. The van der Waals surface area contributed by atoms with E-state index in [0.717, 1.165) is 18.6 Å². The fourth-order valence-electron chi connectivity index (χ4n) is 2.05. The van der Waals surface area contributed by atoms with Gasteiger partial charge in [-0.05, 0) is 30.7 Å². The van der Waals surface area contributed by atoms with Gasteiger partial charge in [0.2, 0.25) is 5.88 Å². The number of nitrogens with two attached hydrogens (primary N) is 1. The zero-order chi connectivity index (χ0) is 15.2. The number of hydrogen-bond donors (Lipinski definition) is 1. The molecule has 0 saturated heterocycles. The van der Waals surface area contributed by atoms with Crippen molar-refractivity contribution in [2.75, 3.05) is 12.8 Å². The van der Waals surface area contributed by atoms with Crippen molar-refractivity contribution >= 4 is 5.69 Å². The fraction of sp³-hybridized carbons (Fsp3) is 0.312. The molecule has 2 rings (SSSR count). The number of rotatable bonds is 6. The molecule has 2 N–H and O–H groups in total. The molecule has 1 heterocycles. The summed E-state index contributed by atoms with van der Waals surface area (Å²) >= 11 is 0. The van der Waals surface area contributed by atoms with Gasteiger partial charge in [-0.3, -0.25) is 0 Å². The van der Waals surface area contributed by atoms with Gasteiger partial charge in [-0.15, -0.1) is 0 Å². The van der Waals surface area contributed by atoms with E-state index in [2.05, 4.69) is 13.0 Å². The first-order valence-electron chi connectivity index (χ1n) is 6.90. The smallest absolute Gasteiger partial charge is 0.224 e. The van der Waals surface area contributed by atoms with Gasteiger partial charge in [0.05, 0.1) is 12.8 Å². The van der Waals surface area contributed by atoms with E-state index in [4.69, 9.17) is 15.2 Å². The molecular weight excluding hydrogens is 266 g/mol. The van der Waals surface area contributed by atoms with E-state index in [1.165, 1.54) is 0 Å². The molecule has 110 valence electrons. The third-order valence-corrected chi connectivity index (χ3v) is 3.20. The van der Waals surface area contributed by atoms with Gasteiger partial charge in [0.1, 0.15) is 23.3 Å². The molecule has 5 nitrogen and oxygen atoms in total. The van der Waals surface area contributed by atoms with Crippen molar-refractivity contribution in [3.8, 4) is 23.4 Å². The maximum absolute atomic E-state index is 9.19. The highest BCUT2D eigenvalue weighted by Gasteiger charge is 2.15. The van der Waals surface area contributed by atoms with E-state index in [0.29, 0.717) is 29.6 Å². The van der Waals surface area contributed by atoms with Crippen molar-refractivity contribution in [2.45, 2.75) is 26.3 Å². The maximum atomic E-state index is 9.19. The number of anilines is 1. The van der Waals surface area contributed by atoms with Crippen LogP contribution in [0.2, 0.25) is 0 Å². The Bertz CT molecular complexity index is 639. The first-order valence-corrected chi connectivity index (χ1v) is 6.90. The van der Waals surface area contributed by atoms with Crippen LogP contribution in [0.3, 0.4) is 0 Å². The van der Waals surface area contributed by atoms with E-state index in [1.54, 1.807) is 13.2 Å². The molecule has 0 radical (unpaired) electrons. The number of nitrogen functional groups attached to an aromatic ring is 1. The molecule has 1 aromatic heterocycles.